The van der Waals surface area contributed by atoms with Gasteiger partial charge in [-0.1, -0.05) is 29.3 Å². The minimum Gasteiger partial charge on any atom is -0.486 e. The van der Waals surface area contributed by atoms with Crippen LogP contribution in [0.3, 0.4) is 0 Å². The summed E-state index contributed by atoms with van der Waals surface area (Å²) in [6.45, 7) is 5.07. The summed E-state index contributed by atoms with van der Waals surface area (Å²) in [7, 11) is 0. The summed E-state index contributed by atoms with van der Waals surface area (Å²) in [5.41, 5.74) is 1.55. The first-order chi connectivity index (χ1) is 16.3. The number of aryl methyl sites for hydroxylation is 1. The topological polar surface area (TPSA) is 89.1 Å². The van der Waals surface area contributed by atoms with Crippen LogP contribution in [0, 0.1) is 17.0 Å². The number of benzene rings is 2. The molecule has 178 valence electrons. The first-order valence-corrected chi connectivity index (χ1v) is 11.5. The second kappa shape index (κ2) is 10.5. The van der Waals surface area contributed by atoms with E-state index in [0.29, 0.717) is 46.8 Å². The lowest BCUT2D eigenvalue weighted by molar-refractivity contribution is -0.385. The van der Waals surface area contributed by atoms with Crippen LogP contribution in [-0.2, 0) is 13.2 Å². The lowest BCUT2D eigenvalue weighted by Crippen LogP contribution is -2.48. The summed E-state index contributed by atoms with van der Waals surface area (Å²) in [4.78, 5) is 27.4. The number of amides is 1. The van der Waals surface area contributed by atoms with E-state index in [1.165, 1.54) is 12.1 Å². The molecule has 1 aromatic heterocycles. The Balaban J connectivity index is 1.29. The van der Waals surface area contributed by atoms with E-state index < -0.39 is 4.92 Å². The van der Waals surface area contributed by atoms with E-state index in [4.69, 9.17) is 32.4 Å². The fourth-order valence-corrected chi connectivity index (χ4v) is 4.27. The molecule has 1 saturated heterocycles. The molecule has 0 spiro atoms. The standard InChI is InChI=1S/C24H23Cl2N3O5/c1-16-12-19(4-6-22(16)29(31)32)33-15-20-5-7-23(34-20)24(30)28-10-8-27(9-11-28)14-17-2-3-18(25)13-21(17)26/h2-7,12-13H,8-11,14-15H2,1H3. The lowest BCUT2D eigenvalue weighted by atomic mass is 10.2. The van der Waals surface area contributed by atoms with Gasteiger partial charge in [0.15, 0.2) is 5.76 Å². The first-order valence-electron chi connectivity index (χ1n) is 10.7. The van der Waals surface area contributed by atoms with Crippen molar-refractivity contribution in [2.45, 2.75) is 20.1 Å². The third-order valence-electron chi connectivity index (χ3n) is 5.69. The summed E-state index contributed by atoms with van der Waals surface area (Å²) < 4.78 is 11.4. The van der Waals surface area contributed by atoms with Gasteiger partial charge in [-0.3, -0.25) is 19.8 Å². The Morgan fingerprint density at radius 1 is 1.09 bits per heavy atom. The summed E-state index contributed by atoms with van der Waals surface area (Å²) in [5, 5.41) is 12.2. The Bertz CT molecular complexity index is 1210. The highest BCUT2D eigenvalue weighted by Crippen LogP contribution is 2.25. The largest absolute Gasteiger partial charge is 0.486 e. The number of carbonyl (C=O) groups excluding carboxylic acids is 1. The molecule has 1 fully saturated rings. The van der Waals surface area contributed by atoms with Crippen molar-refractivity contribution in [3.63, 3.8) is 0 Å². The number of rotatable bonds is 7. The highest BCUT2D eigenvalue weighted by Gasteiger charge is 2.25. The van der Waals surface area contributed by atoms with E-state index in [1.807, 2.05) is 12.1 Å². The molecule has 1 aliphatic heterocycles. The van der Waals surface area contributed by atoms with Crippen LogP contribution in [0.4, 0.5) is 5.69 Å². The molecule has 4 rings (SSSR count). The number of nitro benzene ring substituents is 1. The number of carbonyl (C=O) groups is 1. The first kappa shape index (κ1) is 24.1. The number of halogens is 2. The maximum absolute atomic E-state index is 12.9. The van der Waals surface area contributed by atoms with Crippen LogP contribution in [0.25, 0.3) is 0 Å². The minimum absolute atomic E-state index is 0.0367. The Kier molecular flexibility index (Phi) is 7.41. The highest BCUT2D eigenvalue weighted by molar-refractivity contribution is 6.35. The van der Waals surface area contributed by atoms with Crippen LogP contribution < -0.4 is 4.74 Å². The Hall–Kier alpha value is -3.07. The van der Waals surface area contributed by atoms with Crippen molar-refractivity contribution in [3.05, 3.63) is 91.3 Å². The number of nitrogens with zero attached hydrogens (tertiary/aromatic N) is 3. The van der Waals surface area contributed by atoms with Crippen molar-refractivity contribution < 1.29 is 18.9 Å². The van der Waals surface area contributed by atoms with Gasteiger partial charge in [0.2, 0.25) is 0 Å². The van der Waals surface area contributed by atoms with Gasteiger partial charge in [0.1, 0.15) is 18.1 Å². The van der Waals surface area contributed by atoms with Gasteiger partial charge in [0.05, 0.1) is 4.92 Å². The molecule has 3 aromatic rings. The number of nitro groups is 1. The van der Waals surface area contributed by atoms with Crippen molar-refractivity contribution in [2.75, 3.05) is 26.2 Å². The summed E-state index contributed by atoms with van der Waals surface area (Å²) in [5.74, 6) is 1.08. The molecule has 0 radical (unpaired) electrons. The number of furan rings is 1. The zero-order valence-corrected chi connectivity index (χ0v) is 20.0. The second-order valence-corrected chi connectivity index (χ2v) is 8.91. The molecule has 0 unspecified atom stereocenters. The monoisotopic (exact) mass is 503 g/mol. The van der Waals surface area contributed by atoms with Crippen molar-refractivity contribution in [1.82, 2.24) is 9.80 Å². The van der Waals surface area contributed by atoms with Gasteiger partial charge in [-0.2, -0.15) is 0 Å². The molecule has 34 heavy (non-hydrogen) atoms. The van der Waals surface area contributed by atoms with Gasteiger partial charge in [-0.25, -0.2) is 0 Å². The van der Waals surface area contributed by atoms with Crippen LogP contribution in [0.2, 0.25) is 10.0 Å². The molecule has 8 nitrogen and oxygen atoms in total. The maximum atomic E-state index is 12.9. The van der Waals surface area contributed by atoms with E-state index in [9.17, 15) is 14.9 Å². The van der Waals surface area contributed by atoms with Crippen LogP contribution in [0.5, 0.6) is 5.75 Å². The molecule has 0 saturated carbocycles. The van der Waals surface area contributed by atoms with Gasteiger partial charge >= 0.3 is 0 Å². The summed E-state index contributed by atoms with van der Waals surface area (Å²) in [6, 6.07) is 13.4. The molecule has 2 heterocycles. The molecule has 0 N–H and O–H groups in total. The average molecular weight is 504 g/mol. The van der Waals surface area contributed by atoms with Crippen LogP contribution in [0.15, 0.2) is 52.9 Å². The number of hydrogen-bond acceptors (Lipinski definition) is 6. The van der Waals surface area contributed by atoms with Crippen LogP contribution in [-0.4, -0.2) is 46.8 Å². The summed E-state index contributed by atoms with van der Waals surface area (Å²) in [6.07, 6.45) is 0. The van der Waals surface area contributed by atoms with Crippen LogP contribution in [0.1, 0.15) is 27.4 Å². The van der Waals surface area contributed by atoms with Gasteiger partial charge in [0.25, 0.3) is 11.6 Å². The zero-order chi connectivity index (χ0) is 24.2. The fourth-order valence-electron chi connectivity index (χ4n) is 3.80. The van der Waals surface area contributed by atoms with Gasteiger partial charge in [-0.05, 0) is 48.9 Å². The molecule has 0 aliphatic carbocycles. The smallest absolute Gasteiger partial charge is 0.289 e. The quantitative estimate of drug-likeness (QED) is 0.319. The Labute approximate surface area is 206 Å². The van der Waals surface area contributed by atoms with Crippen molar-refractivity contribution in [2.24, 2.45) is 0 Å². The SMILES string of the molecule is Cc1cc(OCc2ccc(C(=O)N3CCN(Cc4ccc(Cl)cc4Cl)CC3)o2)ccc1[N+](=O)[O-]. The highest BCUT2D eigenvalue weighted by atomic mass is 35.5. The molecular weight excluding hydrogens is 481 g/mol. The van der Waals surface area contributed by atoms with E-state index in [2.05, 4.69) is 4.90 Å². The fraction of sp³-hybridized carbons (Fsp3) is 0.292. The van der Waals surface area contributed by atoms with Crippen molar-refractivity contribution >= 4 is 34.8 Å². The summed E-state index contributed by atoms with van der Waals surface area (Å²) >= 11 is 12.2. The third kappa shape index (κ3) is 5.70. The third-order valence-corrected chi connectivity index (χ3v) is 6.27. The molecule has 10 heteroatoms. The molecule has 0 atom stereocenters. The number of ether oxygens (including phenoxy) is 1. The predicted molar refractivity (Wildman–Crippen MR) is 129 cm³/mol. The average Bonchev–Trinajstić information content (AvgIpc) is 3.28. The van der Waals surface area contributed by atoms with Crippen molar-refractivity contribution in [3.8, 4) is 5.75 Å². The minimum atomic E-state index is -0.434. The maximum Gasteiger partial charge on any atom is 0.289 e. The van der Waals surface area contributed by atoms with Gasteiger partial charge < -0.3 is 14.1 Å². The molecule has 0 bridgehead atoms. The van der Waals surface area contributed by atoms with Crippen LogP contribution >= 0.6 is 23.2 Å². The van der Waals surface area contributed by atoms with Gasteiger partial charge in [-0.15, -0.1) is 0 Å². The lowest BCUT2D eigenvalue weighted by Gasteiger charge is -2.34. The Morgan fingerprint density at radius 2 is 1.85 bits per heavy atom. The number of piperazine rings is 1. The van der Waals surface area contributed by atoms with Crippen molar-refractivity contribution in [1.29, 1.82) is 0 Å². The van der Waals surface area contributed by atoms with E-state index in [1.54, 1.807) is 36.1 Å². The molecule has 1 aliphatic rings. The normalized spacial score (nSPS) is 14.3. The molecule has 2 aromatic carbocycles. The Morgan fingerprint density at radius 3 is 2.53 bits per heavy atom. The predicted octanol–water partition coefficient (Wildman–Crippen LogP) is 5.34. The number of hydrogen-bond donors (Lipinski definition) is 0. The van der Waals surface area contributed by atoms with Gasteiger partial charge in [0, 0.05) is 54.4 Å². The van der Waals surface area contributed by atoms with E-state index >= 15 is 0 Å². The second-order valence-electron chi connectivity index (χ2n) is 8.06. The van der Waals surface area contributed by atoms with E-state index in [0.717, 1.165) is 18.7 Å². The molecular formula is C24H23Cl2N3O5. The zero-order valence-electron chi connectivity index (χ0n) is 18.5. The molecule has 1 amide bonds. The van der Waals surface area contributed by atoms with E-state index in [-0.39, 0.29) is 24.0 Å².